The summed E-state index contributed by atoms with van der Waals surface area (Å²) in [5.41, 5.74) is 0.975. The molecule has 3 rings (SSSR count). The highest BCUT2D eigenvalue weighted by atomic mass is 35.5. The zero-order valence-corrected chi connectivity index (χ0v) is 19.2. The number of carbonyl (C=O) groups is 1. The number of ether oxygens (including phenoxy) is 2. The molecular formula is C23H23ClN2O5S. The van der Waals surface area contributed by atoms with Gasteiger partial charge in [0.1, 0.15) is 18.0 Å². The van der Waals surface area contributed by atoms with Crippen LogP contribution in [0.2, 0.25) is 5.02 Å². The summed E-state index contributed by atoms with van der Waals surface area (Å²) in [5.74, 6) is 0.349. The van der Waals surface area contributed by atoms with Crippen LogP contribution in [0, 0.1) is 0 Å². The molecule has 168 valence electrons. The van der Waals surface area contributed by atoms with Crippen molar-refractivity contribution in [3.8, 4) is 11.5 Å². The van der Waals surface area contributed by atoms with Crippen LogP contribution < -0.4 is 19.1 Å². The Bertz CT molecular complexity index is 1180. The average molecular weight is 475 g/mol. The first-order chi connectivity index (χ1) is 15.4. The van der Waals surface area contributed by atoms with E-state index in [0.29, 0.717) is 16.5 Å². The number of para-hydroxylation sites is 2. The molecule has 1 amide bonds. The second-order valence-corrected chi connectivity index (χ2v) is 9.00. The average Bonchev–Trinajstić information content (AvgIpc) is 2.82. The van der Waals surface area contributed by atoms with Crippen molar-refractivity contribution in [1.29, 1.82) is 0 Å². The molecule has 0 unspecified atom stereocenters. The molecule has 0 aromatic heterocycles. The minimum atomic E-state index is -4.09. The molecule has 3 aromatic carbocycles. The zero-order valence-electron chi connectivity index (χ0n) is 17.6. The minimum Gasteiger partial charge on any atom is -0.497 e. The van der Waals surface area contributed by atoms with Gasteiger partial charge in [0.05, 0.1) is 24.8 Å². The molecule has 0 radical (unpaired) electrons. The molecule has 0 bridgehead atoms. The van der Waals surface area contributed by atoms with Crippen LogP contribution in [0.5, 0.6) is 11.5 Å². The van der Waals surface area contributed by atoms with Gasteiger partial charge in [-0.1, -0.05) is 41.9 Å². The third-order valence-electron chi connectivity index (χ3n) is 4.72. The number of hydrogen-bond acceptors (Lipinski definition) is 5. The van der Waals surface area contributed by atoms with Gasteiger partial charge >= 0.3 is 0 Å². The van der Waals surface area contributed by atoms with Crippen LogP contribution >= 0.6 is 11.6 Å². The summed E-state index contributed by atoms with van der Waals surface area (Å²) in [4.78, 5) is 12.8. The standard InChI is InChI=1S/C23H23ClN2O5S/c1-30-18-11-13-19(14-12-18)32(28,29)26(21-9-5-6-10-22(21)31-2)16-23(27)25-15-17-7-3-4-8-20(17)24/h3-14H,15-16H2,1-2H3,(H,25,27). The Labute approximate surface area is 192 Å². The summed E-state index contributed by atoms with van der Waals surface area (Å²) < 4.78 is 38.5. The Morgan fingerprint density at radius 3 is 2.25 bits per heavy atom. The topological polar surface area (TPSA) is 84.9 Å². The van der Waals surface area contributed by atoms with Gasteiger partial charge in [-0.3, -0.25) is 9.10 Å². The van der Waals surface area contributed by atoms with Crippen molar-refractivity contribution in [3.05, 3.63) is 83.4 Å². The summed E-state index contributed by atoms with van der Waals surface area (Å²) in [6.45, 7) is -0.278. The van der Waals surface area contributed by atoms with Gasteiger partial charge in [-0.25, -0.2) is 8.42 Å². The largest absolute Gasteiger partial charge is 0.497 e. The van der Waals surface area contributed by atoms with Crippen LogP contribution in [0.15, 0.2) is 77.7 Å². The van der Waals surface area contributed by atoms with Gasteiger partial charge in [0.2, 0.25) is 5.91 Å². The first kappa shape index (κ1) is 23.4. The van der Waals surface area contributed by atoms with Crippen molar-refractivity contribution in [2.24, 2.45) is 0 Å². The van der Waals surface area contributed by atoms with Crippen LogP contribution in [0.1, 0.15) is 5.56 Å². The van der Waals surface area contributed by atoms with Crippen molar-refractivity contribution in [3.63, 3.8) is 0 Å². The monoisotopic (exact) mass is 474 g/mol. The van der Waals surface area contributed by atoms with Crippen LogP contribution in [0.25, 0.3) is 0 Å². The fraction of sp³-hybridized carbons (Fsp3) is 0.174. The van der Waals surface area contributed by atoms with E-state index in [-0.39, 0.29) is 17.1 Å². The van der Waals surface area contributed by atoms with E-state index < -0.39 is 22.5 Å². The predicted octanol–water partition coefficient (Wildman–Crippen LogP) is 3.87. The second-order valence-electron chi connectivity index (χ2n) is 6.73. The van der Waals surface area contributed by atoms with Gasteiger partial charge in [-0.05, 0) is 48.0 Å². The zero-order chi connectivity index (χ0) is 23.1. The molecule has 0 heterocycles. The maximum Gasteiger partial charge on any atom is 0.264 e. The predicted molar refractivity (Wildman–Crippen MR) is 124 cm³/mol. The smallest absolute Gasteiger partial charge is 0.264 e. The fourth-order valence-corrected chi connectivity index (χ4v) is 4.67. The number of rotatable bonds is 9. The van der Waals surface area contributed by atoms with Crippen molar-refractivity contribution in [1.82, 2.24) is 5.32 Å². The highest BCUT2D eigenvalue weighted by Gasteiger charge is 2.29. The van der Waals surface area contributed by atoms with Crippen LogP contribution in [0.3, 0.4) is 0 Å². The maximum atomic E-state index is 13.5. The van der Waals surface area contributed by atoms with Crippen molar-refractivity contribution < 1.29 is 22.7 Å². The molecule has 1 N–H and O–H groups in total. The lowest BCUT2D eigenvalue weighted by atomic mass is 10.2. The summed E-state index contributed by atoms with van der Waals surface area (Å²) in [5, 5.41) is 3.24. The number of benzene rings is 3. The SMILES string of the molecule is COc1ccc(S(=O)(=O)N(CC(=O)NCc2ccccc2Cl)c2ccccc2OC)cc1. The molecule has 0 aliphatic heterocycles. The Morgan fingerprint density at radius 1 is 0.938 bits per heavy atom. The maximum absolute atomic E-state index is 13.5. The first-order valence-electron chi connectivity index (χ1n) is 9.66. The molecule has 0 aliphatic carbocycles. The molecule has 0 spiro atoms. The fourth-order valence-electron chi connectivity index (χ4n) is 3.03. The number of methoxy groups -OCH3 is 2. The quantitative estimate of drug-likeness (QED) is 0.509. The van der Waals surface area contributed by atoms with Crippen LogP contribution in [-0.2, 0) is 21.4 Å². The lowest BCUT2D eigenvalue weighted by Gasteiger charge is -2.25. The van der Waals surface area contributed by atoms with E-state index in [1.165, 1.54) is 26.4 Å². The summed E-state index contributed by atoms with van der Waals surface area (Å²) >= 11 is 6.14. The Hall–Kier alpha value is -3.23. The third kappa shape index (κ3) is 5.33. The summed E-state index contributed by atoms with van der Waals surface area (Å²) in [6, 6.07) is 19.7. The van der Waals surface area contributed by atoms with Gasteiger partial charge in [-0.2, -0.15) is 0 Å². The third-order valence-corrected chi connectivity index (χ3v) is 6.87. The number of sulfonamides is 1. The minimum absolute atomic E-state index is 0.0168. The molecule has 0 fully saturated rings. The van der Waals surface area contributed by atoms with E-state index in [9.17, 15) is 13.2 Å². The van der Waals surface area contributed by atoms with E-state index in [0.717, 1.165) is 9.87 Å². The van der Waals surface area contributed by atoms with Crippen molar-refractivity contribution in [2.45, 2.75) is 11.4 Å². The van der Waals surface area contributed by atoms with E-state index >= 15 is 0 Å². The van der Waals surface area contributed by atoms with E-state index in [4.69, 9.17) is 21.1 Å². The molecule has 32 heavy (non-hydrogen) atoms. The van der Waals surface area contributed by atoms with Gasteiger partial charge in [0.25, 0.3) is 10.0 Å². The molecule has 0 saturated carbocycles. The van der Waals surface area contributed by atoms with Crippen LogP contribution in [0.4, 0.5) is 5.69 Å². The molecule has 7 nitrogen and oxygen atoms in total. The molecule has 0 atom stereocenters. The summed E-state index contributed by atoms with van der Waals surface area (Å²) in [6.07, 6.45) is 0. The highest BCUT2D eigenvalue weighted by molar-refractivity contribution is 7.92. The number of amides is 1. The number of nitrogens with one attached hydrogen (secondary N) is 1. The van der Waals surface area contributed by atoms with Gasteiger partial charge in [0, 0.05) is 11.6 Å². The van der Waals surface area contributed by atoms with Crippen molar-refractivity contribution in [2.75, 3.05) is 25.1 Å². The van der Waals surface area contributed by atoms with Gasteiger partial charge in [-0.15, -0.1) is 0 Å². The number of carbonyl (C=O) groups excluding carboxylic acids is 1. The molecule has 3 aromatic rings. The normalized spacial score (nSPS) is 11.0. The van der Waals surface area contributed by atoms with Crippen LogP contribution in [-0.4, -0.2) is 35.1 Å². The number of halogens is 1. The Morgan fingerprint density at radius 2 is 1.59 bits per heavy atom. The van der Waals surface area contributed by atoms with Gasteiger partial charge in [0.15, 0.2) is 0 Å². The van der Waals surface area contributed by atoms with Crippen molar-refractivity contribution >= 4 is 33.2 Å². The Balaban J connectivity index is 1.92. The van der Waals surface area contributed by atoms with Gasteiger partial charge < -0.3 is 14.8 Å². The Kier molecular flexibility index (Phi) is 7.61. The number of nitrogens with zero attached hydrogens (tertiary/aromatic N) is 1. The number of anilines is 1. The van der Waals surface area contributed by atoms with E-state index in [2.05, 4.69) is 5.32 Å². The number of hydrogen-bond donors (Lipinski definition) is 1. The lowest BCUT2D eigenvalue weighted by molar-refractivity contribution is -0.119. The molecule has 9 heteroatoms. The molecule has 0 aliphatic rings. The summed E-state index contributed by atoms with van der Waals surface area (Å²) in [7, 11) is -1.15. The lowest BCUT2D eigenvalue weighted by Crippen LogP contribution is -2.40. The second kappa shape index (κ2) is 10.4. The molecular weight excluding hydrogens is 452 g/mol. The first-order valence-corrected chi connectivity index (χ1v) is 11.5. The van der Waals surface area contributed by atoms with E-state index in [1.807, 2.05) is 6.07 Å². The molecule has 0 saturated heterocycles. The highest BCUT2D eigenvalue weighted by Crippen LogP contribution is 2.32. The van der Waals surface area contributed by atoms with E-state index in [1.54, 1.807) is 54.6 Å².